The van der Waals surface area contributed by atoms with Crippen LogP contribution in [0.25, 0.3) is 0 Å². The Labute approximate surface area is 239 Å². The molecule has 3 aliphatic rings. The van der Waals surface area contributed by atoms with Crippen LogP contribution in [0.15, 0.2) is 29.3 Å². The molecule has 5 rings (SSSR count). The lowest BCUT2D eigenvalue weighted by molar-refractivity contribution is 0.0981. The fourth-order valence-corrected chi connectivity index (χ4v) is 8.50. The maximum atomic E-state index is 13.9. The third-order valence-electron chi connectivity index (χ3n) is 8.68. The van der Waals surface area contributed by atoms with Crippen molar-refractivity contribution in [3.8, 4) is 11.8 Å². The Balaban J connectivity index is 1.22. The van der Waals surface area contributed by atoms with Gasteiger partial charge in [0.15, 0.2) is 0 Å². The maximum absolute atomic E-state index is 13.9. The van der Waals surface area contributed by atoms with E-state index >= 15 is 0 Å². The highest BCUT2D eigenvalue weighted by atomic mass is 32.2. The second-order valence-electron chi connectivity index (χ2n) is 11.4. The van der Waals surface area contributed by atoms with Gasteiger partial charge in [-0.15, -0.1) is 0 Å². The van der Waals surface area contributed by atoms with Crippen molar-refractivity contribution in [3.63, 3.8) is 0 Å². The summed E-state index contributed by atoms with van der Waals surface area (Å²) in [6.45, 7) is 10.9. The lowest BCUT2D eigenvalue weighted by Crippen LogP contribution is -2.52. The van der Waals surface area contributed by atoms with Crippen molar-refractivity contribution in [1.82, 2.24) is 24.1 Å². The van der Waals surface area contributed by atoms with E-state index in [1.807, 2.05) is 19.9 Å². The number of piperidine rings is 2. The average Bonchev–Trinajstić information content (AvgIpc) is 2.96. The SMILES string of the molecule is COc1cc(C)c(S(=O)(=O)N2CCCCC2COc2nccc(N3CCC(N4CCN(C)CC4)CC3)n2)c(C)c1. The molecule has 3 aliphatic heterocycles. The van der Waals surface area contributed by atoms with E-state index in [2.05, 4.69) is 26.7 Å². The van der Waals surface area contributed by atoms with Crippen molar-refractivity contribution in [3.05, 3.63) is 35.5 Å². The molecule has 10 nitrogen and oxygen atoms in total. The normalized spacial score (nSPS) is 22.4. The Morgan fingerprint density at radius 1 is 0.950 bits per heavy atom. The summed E-state index contributed by atoms with van der Waals surface area (Å²) in [5.74, 6) is 1.53. The highest BCUT2D eigenvalue weighted by Gasteiger charge is 2.36. The van der Waals surface area contributed by atoms with Crippen molar-refractivity contribution in [1.29, 1.82) is 0 Å². The first kappa shape index (κ1) is 29.0. The van der Waals surface area contributed by atoms with E-state index in [9.17, 15) is 8.42 Å². The van der Waals surface area contributed by atoms with Crippen molar-refractivity contribution >= 4 is 15.8 Å². The number of sulfonamides is 1. The van der Waals surface area contributed by atoms with E-state index in [0.717, 1.165) is 77.2 Å². The largest absolute Gasteiger partial charge is 0.497 e. The number of ether oxygens (including phenoxy) is 2. The standard InChI is InChI=1S/C29H44N6O4S/c1-22-19-26(38-4)20-23(2)28(22)40(36,37)35-12-6-5-7-25(35)21-39-29-30-11-8-27(31-29)34-13-9-24(10-14-34)33-17-15-32(3)16-18-33/h8,11,19-20,24-25H,5-7,9-10,12-18,21H2,1-4H3. The minimum Gasteiger partial charge on any atom is -0.497 e. The summed E-state index contributed by atoms with van der Waals surface area (Å²) in [5.41, 5.74) is 1.38. The first-order chi connectivity index (χ1) is 19.3. The van der Waals surface area contributed by atoms with Crippen LogP contribution in [0, 0.1) is 13.8 Å². The minimum absolute atomic E-state index is 0.225. The summed E-state index contributed by atoms with van der Waals surface area (Å²) in [7, 11) is 0.0851. The first-order valence-corrected chi connectivity index (χ1v) is 16.0. The molecular formula is C29H44N6O4S. The van der Waals surface area contributed by atoms with Crippen LogP contribution in [0.3, 0.4) is 0 Å². The number of hydrogen-bond donors (Lipinski definition) is 0. The number of piperazine rings is 1. The second-order valence-corrected chi connectivity index (χ2v) is 13.2. The number of anilines is 1. The number of benzene rings is 1. The van der Waals surface area contributed by atoms with E-state index in [1.54, 1.807) is 29.7 Å². The van der Waals surface area contributed by atoms with Gasteiger partial charge in [-0.05, 0) is 75.9 Å². The molecule has 0 amide bonds. The van der Waals surface area contributed by atoms with Gasteiger partial charge in [-0.3, -0.25) is 4.90 Å². The van der Waals surface area contributed by atoms with E-state index in [4.69, 9.17) is 14.5 Å². The van der Waals surface area contributed by atoms with Gasteiger partial charge in [-0.1, -0.05) is 6.42 Å². The zero-order valence-electron chi connectivity index (χ0n) is 24.4. The van der Waals surface area contributed by atoms with Gasteiger partial charge in [0, 0.05) is 58.1 Å². The van der Waals surface area contributed by atoms with Gasteiger partial charge in [0.2, 0.25) is 10.0 Å². The number of nitrogens with zero attached hydrogens (tertiary/aromatic N) is 6. The molecule has 4 heterocycles. The number of methoxy groups -OCH3 is 1. The highest BCUT2D eigenvalue weighted by Crippen LogP contribution is 2.32. The molecule has 0 radical (unpaired) electrons. The molecule has 40 heavy (non-hydrogen) atoms. The Hall–Kier alpha value is -2.47. The zero-order chi connectivity index (χ0) is 28.3. The lowest BCUT2D eigenvalue weighted by Gasteiger charge is -2.42. The molecule has 1 aromatic heterocycles. The number of aromatic nitrogens is 2. The minimum atomic E-state index is -3.70. The van der Waals surface area contributed by atoms with Gasteiger partial charge >= 0.3 is 6.01 Å². The molecule has 1 unspecified atom stereocenters. The highest BCUT2D eigenvalue weighted by molar-refractivity contribution is 7.89. The van der Waals surface area contributed by atoms with Gasteiger partial charge < -0.3 is 19.3 Å². The Kier molecular flexibility index (Phi) is 9.14. The van der Waals surface area contributed by atoms with Crippen molar-refractivity contribution in [2.45, 2.75) is 62.9 Å². The topological polar surface area (TPSA) is 91.3 Å². The van der Waals surface area contributed by atoms with E-state index in [0.29, 0.717) is 40.4 Å². The molecule has 11 heteroatoms. The summed E-state index contributed by atoms with van der Waals surface area (Å²) in [5, 5.41) is 0. The molecule has 220 valence electrons. The molecule has 3 saturated heterocycles. The van der Waals surface area contributed by atoms with Gasteiger partial charge in [0.1, 0.15) is 18.2 Å². The molecular weight excluding hydrogens is 528 g/mol. The molecule has 0 saturated carbocycles. The van der Waals surface area contributed by atoms with Crippen LogP contribution >= 0.6 is 0 Å². The molecule has 1 atom stereocenters. The van der Waals surface area contributed by atoms with E-state index in [-0.39, 0.29) is 12.6 Å². The van der Waals surface area contributed by atoms with E-state index < -0.39 is 10.0 Å². The molecule has 2 aromatic rings. The lowest BCUT2D eigenvalue weighted by atomic mass is 10.0. The summed E-state index contributed by atoms with van der Waals surface area (Å²) in [6.07, 6.45) is 6.53. The van der Waals surface area contributed by atoms with Gasteiger partial charge in [-0.2, -0.15) is 9.29 Å². The fraction of sp³-hybridized carbons (Fsp3) is 0.655. The third kappa shape index (κ3) is 6.37. The monoisotopic (exact) mass is 572 g/mol. The number of likely N-dealkylation sites (N-methyl/N-ethyl adjacent to an activating group) is 1. The average molecular weight is 573 g/mol. The summed E-state index contributed by atoms with van der Waals surface area (Å²) in [4.78, 5) is 16.8. The maximum Gasteiger partial charge on any atom is 0.318 e. The van der Waals surface area contributed by atoms with E-state index in [1.165, 1.54) is 0 Å². The zero-order valence-corrected chi connectivity index (χ0v) is 25.2. The summed E-state index contributed by atoms with van der Waals surface area (Å²) in [6, 6.07) is 6.17. The van der Waals surface area contributed by atoms with Crippen LogP contribution in [0.2, 0.25) is 0 Å². The third-order valence-corrected chi connectivity index (χ3v) is 10.9. The second kappa shape index (κ2) is 12.6. The number of aryl methyl sites for hydroxylation is 2. The van der Waals surface area contributed by atoms with Crippen LogP contribution in [0.5, 0.6) is 11.8 Å². The van der Waals surface area contributed by atoms with Crippen LogP contribution in [-0.4, -0.2) is 111 Å². The summed E-state index contributed by atoms with van der Waals surface area (Å²) >= 11 is 0. The van der Waals surface area contributed by atoms with Crippen molar-refractivity contribution in [2.24, 2.45) is 0 Å². The van der Waals surface area contributed by atoms with Crippen LogP contribution in [0.1, 0.15) is 43.2 Å². The molecule has 0 bridgehead atoms. The Morgan fingerprint density at radius 2 is 1.65 bits per heavy atom. The molecule has 0 spiro atoms. The Bertz CT molecular complexity index is 1240. The van der Waals surface area contributed by atoms with Gasteiger partial charge in [-0.25, -0.2) is 13.4 Å². The fourth-order valence-electron chi connectivity index (χ4n) is 6.40. The quantitative estimate of drug-likeness (QED) is 0.474. The van der Waals surface area contributed by atoms with Crippen molar-refractivity contribution in [2.75, 3.05) is 71.5 Å². The first-order valence-electron chi connectivity index (χ1n) is 14.6. The Morgan fingerprint density at radius 3 is 2.33 bits per heavy atom. The number of hydrogen-bond acceptors (Lipinski definition) is 9. The molecule has 0 N–H and O–H groups in total. The summed E-state index contributed by atoms with van der Waals surface area (Å²) < 4.78 is 40.7. The molecule has 0 aliphatic carbocycles. The number of rotatable bonds is 8. The predicted molar refractivity (Wildman–Crippen MR) is 156 cm³/mol. The molecule has 3 fully saturated rings. The van der Waals surface area contributed by atoms with Crippen LogP contribution in [0.4, 0.5) is 5.82 Å². The van der Waals surface area contributed by atoms with Crippen LogP contribution < -0.4 is 14.4 Å². The predicted octanol–water partition coefficient (Wildman–Crippen LogP) is 2.94. The smallest absolute Gasteiger partial charge is 0.318 e. The van der Waals surface area contributed by atoms with Gasteiger partial charge in [0.05, 0.1) is 18.0 Å². The van der Waals surface area contributed by atoms with Crippen LogP contribution in [-0.2, 0) is 10.0 Å². The molecule has 1 aromatic carbocycles. The van der Waals surface area contributed by atoms with Gasteiger partial charge in [0.25, 0.3) is 0 Å². The van der Waals surface area contributed by atoms with Crippen molar-refractivity contribution < 1.29 is 17.9 Å².